The molecule has 1 saturated heterocycles. The van der Waals surface area contributed by atoms with Gasteiger partial charge in [0.2, 0.25) is 5.95 Å². The third kappa shape index (κ3) is 3.47. The Labute approximate surface area is 128 Å². The van der Waals surface area contributed by atoms with Crippen molar-refractivity contribution in [3.05, 3.63) is 9.26 Å². The van der Waals surface area contributed by atoms with E-state index in [2.05, 4.69) is 58.6 Å². The van der Waals surface area contributed by atoms with Crippen molar-refractivity contribution in [3.8, 4) is 0 Å². The quantitative estimate of drug-likeness (QED) is 0.819. The second kappa shape index (κ2) is 6.69. The van der Waals surface area contributed by atoms with Crippen molar-refractivity contribution >= 4 is 34.4 Å². The first kappa shape index (κ1) is 14.8. The summed E-state index contributed by atoms with van der Waals surface area (Å²) in [5.41, 5.74) is 1.12. The van der Waals surface area contributed by atoms with Crippen LogP contribution in [0.5, 0.6) is 0 Å². The second-order valence-corrected chi connectivity index (χ2v) is 5.93. The van der Waals surface area contributed by atoms with Crippen molar-refractivity contribution < 1.29 is 4.74 Å². The van der Waals surface area contributed by atoms with Crippen LogP contribution in [0, 0.1) is 3.57 Å². The first-order chi connectivity index (χ1) is 9.13. The van der Waals surface area contributed by atoms with E-state index in [0.717, 1.165) is 53.9 Å². The van der Waals surface area contributed by atoms with Crippen LogP contribution < -0.4 is 10.2 Å². The van der Waals surface area contributed by atoms with Crippen molar-refractivity contribution in [2.75, 3.05) is 43.1 Å². The predicted molar refractivity (Wildman–Crippen MR) is 86.0 cm³/mol. The summed E-state index contributed by atoms with van der Waals surface area (Å²) in [6, 6.07) is 0. The Hall–Kier alpha value is -0.630. The van der Waals surface area contributed by atoms with Crippen molar-refractivity contribution in [1.82, 2.24) is 9.97 Å². The van der Waals surface area contributed by atoms with Crippen molar-refractivity contribution in [2.24, 2.45) is 0 Å². The van der Waals surface area contributed by atoms with E-state index in [-0.39, 0.29) is 0 Å². The van der Waals surface area contributed by atoms with Crippen molar-refractivity contribution in [1.29, 1.82) is 0 Å². The number of hydrogen-bond acceptors (Lipinski definition) is 5. The Morgan fingerprint density at radius 3 is 2.58 bits per heavy atom. The lowest BCUT2D eigenvalue weighted by atomic mass is 10.1. The average molecular weight is 376 g/mol. The second-order valence-electron chi connectivity index (χ2n) is 4.86. The lowest BCUT2D eigenvalue weighted by Crippen LogP contribution is -2.37. The molecular weight excluding hydrogens is 355 g/mol. The fraction of sp³-hybridized carbons (Fsp3) is 0.692. The minimum Gasteiger partial charge on any atom is -0.378 e. The van der Waals surface area contributed by atoms with Gasteiger partial charge >= 0.3 is 0 Å². The Bertz CT molecular complexity index is 433. The number of hydrogen-bond donors (Lipinski definition) is 1. The van der Waals surface area contributed by atoms with Gasteiger partial charge in [-0.2, -0.15) is 4.98 Å². The molecule has 2 heterocycles. The van der Waals surface area contributed by atoms with Crippen LogP contribution in [-0.4, -0.2) is 42.8 Å². The molecule has 1 aliphatic heterocycles. The molecule has 106 valence electrons. The van der Waals surface area contributed by atoms with E-state index in [1.54, 1.807) is 0 Å². The normalized spacial score (nSPS) is 15.9. The van der Waals surface area contributed by atoms with Gasteiger partial charge in [-0.1, -0.05) is 13.8 Å². The SMILES string of the molecule is CCNc1nc(N2CCOCC2)nc(C(C)C)c1I. The van der Waals surface area contributed by atoms with E-state index < -0.39 is 0 Å². The van der Waals surface area contributed by atoms with E-state index in [1.165, 1.54) is 0 Å². The van der Waals surface area contributed by atoms with Crippen LogP contribution in [0.15, 0.2) is 0 Å². The molecule has 0 aliphatic carbocycles. The topological polar surface area (TPSA) is 50.3 Å². The molecule has 5 nitrogen and oxygen atoms in total. The maximum atomic E-state index is 5.39. The number of anilines is 2. The number of ether oxygens (including phenoxy) is 1. The highest BCUT2D eigenvalue weighted by atomic mass is 127. The van der Waals surface area contributed by atoms with Crippen molar-refractivity contribution in [2.45, 2.75) is 26.7 Å². The number of nitrogens with one attached hydrogen (secondary N) is 1. The summed E-state index contributed by atoms with van der Waals surface area (Å²) in [4.78, 5) is 11.6. The monoisotopic (exact) mass is 376 g/mol. The zero-order chi connectivity index (χ0) is 13.8. The molecule has 19 heavy (non-hydrogen) atoms. The molecule has 0 bridgehead atoms. The van der Waals surface area contributed by atoms with Gasteiger partial charge in [-0.3, -0.25) is 0 Å². The Morgan fingerprint density at radius 2 is 2.00 bits per heavy atom. The number of halogens is 1. The van der Waals surface area contributed by atoms with Gasteiger partial charge in [-0.25, -0.2) is 4.98 Å². The highest BCUT2D eigenvalue weighted by Gasteiger charge is 2.19. The third-order valence-corrected chi connectivity index (χ3v) is 4.11. The molecular formula is C13H21IN4O. The summed E-state index contributed by atoms with van der Waals surface area (Å²) in [5.74, 6) is 2.17. The molecule has 0 spiro atoms. The Balaban J connectivity index is 2.36. The van der Waals surface area contributed by atoms with Crippen LogP contribution in [0.1, 0.15) is 32.4 Å². The fourth-order valence-electron chi connectivity index (χ4n) is 2.02. The zero-order valence-electron chi connectivity index (χ0n) is 11.7. The number of nitrogens with zero attached hydrogens (tertiary/aromatic N) is 3. The molecule has 0 amide bonds. The molecule has 1 fully saturated rings. The van der Waals surface area contributed by atoms with E-state index in [4.69, 9.17) is 9.72 Å². The van der Waals surface area contributed by atoms with E-state index in [1.807, 2.05) is 0 Å². The lowest BCUT2D eigenvalue weighted by Gasteiger charge is -2.28. The molecule has 1 aliphatic rings. The molecule has 2 rings (SSSR count). The summed E-state index contributed by atoms with van der Waals surface area (Å²) in [7, 11) is 0. The average Bonchev–Trinajstić information content (AvgIpc) is 2.42. The van der Waals surface area contributed by atoms with Gasteiger partial charge < -0.3 is 15.0 Å². The highest BCUT2D eigenvalue weighted by molar-refractivity contribution is 14.1. The summed E-state index contributed by atoms with van der Waals surface area (Å²) < 4.78 is 6.52. The molecule has 0 radical (unpaired) electrons. The molecule has 0 unspecified atom stereocenters. The largest absolute Gasteiger partial charge is 0.378 e. The van der Waals surface area contributed by atoms with Gasteiger partial charge in [0.15, 0.2) is 0 Å². The predicted octanol–water partition coefficient (Wildman–Crippen LogP) is 2.47. The van der Waals surface area contributed by atoms with Crippen LogP contribution in [0.3, 0.4) is 0 Å². The molecule has 0 saturated carbocycles. The van der Waals surface area contributed by atoms with E-state index in [9.17, 15) is 0 Å². The summed E-state index contributed by atoms with van der Waals surface area (Å²) >= 11 is 2.34. The lowest BCUT2D eigenvalue weighted by molar-refractivity contribution is 0.122. The molecule has 1 aromatic heterocycles. The van der Waals surface area contributed by atoms with Crippen LogP contribution in [0.2, 0.25) is 0 Å². The summed E-state index contributed by atoms with van der Waals surface area (Å²) in [5, 5.41) is 3.33. The summed E-state index contributed by atoms with van der Waals surface area (Å²) in [6.45, 7) is 10.5. The highest BCUT2D eigenvalue weighted by Crippen LogP contribution is 2.27. The van der Waals surface area contributed by atoms with Gasteiger partial charge in [-0.05, 0) is 35.4 Å². The molecule has 1 N–H and O–H groups in total. The zero-order valence-corrected chi connectivity index (χ0v) is 13.9. The van der Waals surface area contributed by atoms with Gasteiger partial charge in [0.25, 0.3) is 0 Å². The van der Waals surface area contributed by atoms with Crippen molar-refractivity contribution in [3.63, 3.8) is 0 Å². The van der Waals surface area contributed by atoms with Crippen LogP contribution in [0.25, 0.3) is 0 Å². The minimum absolute atomic E-state index is 0.395. The molecule has 1 aromatic rings. The number of rotatable bonds is 4. The smallest absolute Gasteiger partial charge is 0.227 e. The van der Waals surface area contributed by atoms with Gasteiger partial charge in [0.1, 0.15) is 5.82 Å². The Kier molecular flexibility index (Phi) is 5.20. The molecule has 0 aromatic carbocycles. The third-order valence-electron chi connectivity index (χ3n) is 3.05. The number of morpholine rings is 1. The molecule has 0 atom stereocenters. The first-order valence-corrected chi connectivity index (χ1v) is 7.85. The van der Waals surface area contributed by atoms with Crippen LogP contribution >= 0.6 is 22.6 Å². The maximum absolute atomic E-state index is 5.39. The standard InChI is InChI=1S/C13H21IN4O/c1-4-15-12-10(14)11(9(2)3)16-13(17-12)18-5-7-19-8-6-18/h9H,4-8H2,1-3H3,(H,15,16,17). The van der Waals surface area contributed by atoms with Crippen LogP contribution in [-0.2, 0) is 4.74 Å². The first-order valence-electron chi connectivity index (χ1n) is 6.77. The fourth-order valence-corrected chi connectivity index (χ4v) is 3.08. The minimum atomic E-state index is 0.395. The summed E-state index contributed by atoms with van der Waals surface area (Å²) in [6.07, 6.45) is 0. The van der Waals surface area contributed by atoms with E-state index >= 15 is 0 Å². The van der Waals surface area contributed by atoms with Gasteiger partial charge in [-0.15, -0.1) is 0 Å². The van der Waals surface area contributed by atoms with Gasteiger partial charge in [0.05, 0.1) is 22.5 Å². The van der Waals surface area contributed by atoms with Crippen LogP contribution in [0.4, 0.5) is 11.8 Å². The van der Waals surface area contributed by atoms with Gasteiger partial charge in [0, 0.05) is 19.6 Å². The molecule has 6 heteroatoms. The maximum Gasteiger partial charge on any atom is 0.227 e. The van der Waals surface area contributed by atoms with E-state index in [0.29, 0.717) is 5.92 Å². The number of aromatic nitrogens is 2. The Morgan fingerprint density at radius 1 is 1.32 bits per heavy atom.